The third-order valence-electron chi connectivity index (χ3n) is 3.10. The molecule has 138 valence electrons. The average molecular weight is 366 g/mol. The fraction of sp³-hybridized carbons (Fsp3) is 0.438. The highest BCUT2D eigenvalue weighted by atomic mass is 19.4. The zero-order chi connectivity index (χ0) is 19.5. The third-order valence-corrected chi connectivity index (χ3v) is 3.10. The number of nitrogens with one attached hydrogen (secondary N) is 2. The maximum Gasteiger partial charge on any atom is 0.416 e. The summed E-state index contributed by atoms with van der Waals surface area (Å²) in [5.74, 6) is 1.48. The van der Waals surface area contributed by atoms with E-state index < -0.39 is 42.3 Å². The Kier molecular flexibility index (Phi) is 6.00. The normalized spacial score (nSPS) is 12.4. The van der Waals surface area contributed by atoms with E-state index in [1.807, 2.05) is 0 Å². The smallest absolute Gasteiger partial charge is 0.384 e. The zero-order valence-corrected chi connectivity index (χ0v) is 13.4. The fourth-order valence-electron chi connectivity index (χ4n) is 1.79. The molecular formula is C16H16F6N2O. The molecule has 0 aromatic heterocycles. The van der Waals surface area contributed by atoms with Crippen molar-refractivity contribution in [2.75, 3.05) is 11.9 Å². The summed E-state index contributed by atoms with van der Waals surface area (Å²) in [7, 11) is 0. The van der Waals surface area contributed by atoms with Gasteiger partial charge in [0.05, 0.1) is 23.1 Å². The molecule has 0 aliphatic rings. The molecule has 1 amide bonds. The highest BCUT2D eigenvalue weighted by molar-refractivity contribution is 6.00. The molecule has 1 aromatic carbocycles. The standard InChI is InChI=1S/C16H16F6N2O/c1-4-14(2,3)24-13(25)11-6-5-10(16(20,21)22)9-12(11)23-8-7-15(17,18)19/h1,5-6,9,23H,7-8H2,2-3H3,(H,24,25). The summed E-state index contributed by atoms with van der Waals surface area (Å²) in [6.07, 6.45) is -5.22. The lowest BCUT2D eigenvalue weighted by Gasteiger charge is -2.21. The molecule has 1 rings (SSSR count). The monoisotopic (exact) mass is 366 g/mol. The molecule has 0 atom stereocenters. The molecule has 0 aliphatic carbocycles. The van der Waals surface area contributed by atoms with Crippen LogP contribution in [0.25, 0.3) is 0 Å². The van der Waals surface area contributed by atoms with Crippen molar-refractivity contribution < 1.29 is 31.1 Å². The summed E-state index contributed by atoms with van der Waals surface area (Å²) < 4.78 is 75.1. The van der Waals surface area contributed by atoms with E-state index in [0.717, 1.165) is 6.07 Å². The van der Waals surface area contributed by atoms with Gasteiger partial charge in [0.15, 0.2) is 0 Å². The molecule has 0 bridgehead atoms. The van der Waals surface area contributed by atoms with Crippen LogP contribution >= 0.6 is 0 Å². The molecule has 3 nitrogen and oxygen atoms in total. The number of rotatable bonds is 5. The van der Waals surface area contributed by atoms with E-state index in [1.54, 1.807) is 0 Å². The number of benzene rings is 1. The van der Waals surface area contributed by atoms with E-state index >= 15 is 0 Å². The topological polar surface area (TPSA) is 41.1 Å². The maximum atomic E-state index is 12.8. The summed E-state index contributed by atoms with van der Waals surface area (Å²) in [5, 5.41) is 4.64. The molecule has 0 fully saturated rings. The van der Waals surface area contributed by atoms with Crippen LogP contribution in [0.1, 0.15) is 36.2 Å². The first-order valence-corrected chi connectivity index (χ1v) is 7.07. The zero-order valence-electron chi connectivity index (χ0n) is 13.4. The van der Waals surface area contributed by atoms with Gasteiger partial charge in [-0.2, -0.15) is 26.3 Å². The Morgan fingerprint density at radius 2 is 1.76 bits per heavy atom. The van der Waals surface area contributed by atoms with Gasteiger partial charge in [0.1, 0.15) is 0 Å². The Balaban J connectivity index is 3.14. The molecule has 0 radical (unpaired) electrons. The number of hydrogen-bond donors (Lipinski definition) is 2. The number of alkyl halides is 6. The minimum atomic E-state index is -4.70. The predicted octanol–water partition coefficient (Wildman–Crippen LogP) is 4.21. The van der Waals surface area contributed by atoms with Crippen molar-refractivity contribution >= 4 is 11.6 Å². The summed E-state index contributed by atoms with van der Waals surface area (Å²) in [4.78, 5) is 12.2. The van der Waals surface area contributed by atoms with Gasteiger partial charge in [0.25, 0.3) is 5.91 Å². The highest BCUT2D eigenvalue weighted by Gasteiger charge is 2.32. The molecule has 9 heteroatoms. The largest absolute Gasteiger partial charge is 0.416 e. The van der Waals surface area contributed by atoms with Crippen molar-refractivity contribution in [2.24, 2.45) is 0 Å². The van der Waals surface area contributed by atoms with Gasteiger partial charge in [-0.25, -0.2) is 0 Å². The lowest BCUT2D eigenvalue weighted by atomic mass is 10.0. The number of carbonyl (C=O) groups excluding carboxylic acids is 1. The van der Waals surface area contributed by atoms with E-state index in [9.17, 15) is 31.1 Å². The van der Waals surface area contributed by atoms with Gasteiger partial charge in [-0.3, -0.25) is 4.79 Å². The minimum Gasteiger partial charge on any atom is -0.384 e. The van der Waals surface area contributed by atoms with Crippen LogP contribution in [0.3, 0.4) is 0 Å². The summed E-state index contributed by atoms with van der Waals surface area (Å²) >= 11 is 0. The Morgan fingerprint density at radius 3 is 2.24 bits per heavy atom. The van der Waals surface area contributed by atoms with E-state index in [2.05, 4.69) is 16.6 Å². The van der Waals surface area contributed by atoms with Gasteiger partial charge in [-0.15, -0.1) is 6.42 Å². The molecule has 1 aromatic rings. The van der Waals surface area contributed by atoms with Crippen LogP contribution in [0, 0.1) is 12.3 Å². The second kappa shape index (κ2) is 7.25. The molecule has 0 saturated carbocycles. The van der Waals surface area contributed by atoms with Gasteiger partial charge in [-0.05, 0) is 32.0 Å². The van der Waals surface area contributed by atoms with Gasteiger partial charge >= 0.3 is 12.4 Å². The highest BCUT2D eigenvalue weighted by Crippen LogP contribution is 2.32. The number of amides is 1. The fourth-order valence-corrected chi connectivity index (χ4v) is 1.79. The lowest BCUT2D eigenvalue weighted by molar-refractivity contribution is -0.137. The Morgan fingerprint density at radius 1 is 1.16 bits per heavy atom. The van der Waals surface area contributed by atoms with Crippen molar-refractivity contribution in [2.45, 2.75) is 38.2 Å². The van der Waals surface area contributed by atoms with Crippen molar-refractivity contribution in [1.29, 1.82) is 0 Å². The van der Waals surface area contributed by atoms with Gasteiger partial charge < -0.3 is 10.6 Å². The number of halogens is 6. The first-order valence-electron chi connectivity index (χ1n) is 7.07. The van der Waals surface area contributed by atoms with Gasteiger partial charge in [-0.1, -0.05) is 5.92 Å². The van der Waals surface area contributed by atoms with Crippen LogP contribution in [0.15, 0.2) is 18.2 Å². The Labute approximate surface area is 140 Å². The SMILES string of the molecule is C#CC(C)(C)NC(=O)c1ccc(C(F)(F)F)cc1NCCC(F)(F)F. The maximum absolute atomic E-state index is 12.8. The first kappa shape index (κ1) is 20.7. The lowest BCUT2D eigenvalue weighted by Crippen LogP contribution is -2.42. The van der Waals surface area contributed by atoms with Crippen LogP contribution in [0.2, 0.25) is 0 Å². The number of carbonyl (C=O) groups is 1. The van der Waals surface area contributed by atoms with E-state index in [4.69, 9.17) is 6.42 Å². The Hall–Kier alpha value is -2.37. The minimum absolute atomic E-state index is 0.238. The molecule has 0 heterocycles. The summed E-state index contributed by atoms with van der Waals surface area (Å²) in [5.41, 5.74) is -2.76. The molecule has 0 unspecified atom stereocenters. The molecule has 0 spiro atoms. The van der Waals surface area contributed by atoms with Crippen LogP contribution < -0.4 is 10.6 Å². The van der Waals surface area contributed by atoms with Crippen LogP contribution in [-0.4, -0.2) is 24.2 Å². The molecule has 0 aliphatic heterocycles. The van der Waals surface area contributed by atoms with E-state index in [0.29, 0.717) is 12.1 Å². The van der Waals surface area contributed by atoms with E-state index in [1.165, 1.54) is 13.8 Å². The van der Waals surface area contributed by atoms with E-state index in [-0.39, 0.29) is 11.3 Å². The second-order valence-electron chi connectivity index (χ2n) is 5.77. The van der Waals surface area contributed by atoms with Crippen LogP contribution in [0.4, 0.5) is 32.0 Å². The second-order valence-corrected chi connectivity index (χ2v) is 5.77. The van der Waals surface area contributed by atoms with Crippen molar-refractivity contribution in [3.63, 3.8) is 0 Å². The summed E-state index contributed by atoms with van der Waals surface area (Å²) in [6.45, 7) is 2.31. The number of hydrogen-bond acceptors (Lipinski definition) is 2. The molecular weight excluding hydrogens is 350 g/mol. The molecule has 25 heavy (non-hydrogen) atoms. The predicted molar refractivity (Wildman–Crippen MR) is 81.0 cm³/mol. The third kappa shape index (κ3) is 6.57. The molecule has 0 saturated heterocycles. The van der Waals surface area contributed by atoms with Crippen molar-refractivity contribution in [1.82, 2.24) is 5.32 Å². The number of terminal acetylenes is 1. The quantitative estimate of drug-likeness (QED) is 0.605. The summed E-state index contributed by atoms with van der Waals surface area (Å²) in [6, 6.07) is 2.15. The molecule has 2 N–H and O–H groups in total. The van der Waals surface area contributed by atoms with Crippen molar-refractivity contribution in [3.8, 4) is 12.3 Å². The van der Waals surface area contributed by atoms with Crippen molar-refractivity contribution in [3.05, 3.63) is 29.3 Å². The van der Waals surface area contributed by atoms with Crippen LogP contribution in [0.5, 0.6) is 0 Å². The first-order chi connectivity index (χ1) is 11.2. The average Bonchev–Trinajstić information content (AvgIpc) is 2.44. The Bertz CT molecular complexity index is 671. The van der Waals surface area contributed by atoms with Gasteiger partial charge in [0.2, 0.25) is 0 Å². The van der Waals surface area contributed by atoms with Crippen LogP contribution in [-0.2, 0) is 6.18 Å². The van der Waals surface area contributed by atoms with Gasteiger partial charge in [0, 0.05) is 12.2 Å². The number of anilines is 1.